The highest BCUT2D eigenvalue weighted by Crippen LogP contribution is 2.29. The van der Waals surface area contributed by atoms with E-state index < -0.39 is 17.3 Å². The third-order valence-corrected chi connectivity index (χ3v) is 6.48. The molecule has 1 aliphatic rings. The lowest BCUT2D eigenvalue weighted by molar-refractivity contribution is -0.139. The standard InChI is InChI=1S/C21H27ClN2O5S/c1-12-17(20(2,3)26)30-19(24(12)10-14-11-28-21(4,5)29-14)23-18(25)15-9-13(22)7-8-16(15)27-6/h7-9,14,26H,10-11H2,1-6H3/b23-19-/t14-/m0/s1. The SMILES string of the molecule is COc1ccc(Cl)cc1C(=O)/N=c1\sc(C(C)(C)O)c(C)n1C[C@H]1COC(C)(C)O1. The van der Waals surface area contributed by atoms with Crippen LogP contribution in [0.4, 0.5) is 0 Å². The summed E-state index contributed by atoms with van der Waals surface area (Å²) in [6.07, 6.45) is -0.197. The average Bonchev–Trinajstić information content (AvgIpc) is 3.15. The molecule has 3 rings (SSSR count). The van der Waals surface area contributed by atoms with Crippen LogP contribution in [0, 0.1) is 6.92 Å². The lowest BCUT2D eigenvalue weighted by Gasteiger charge is -2.19. The van der Waals surface area contributed by atoms with E-state index in [9.17, 15) is 9.90 Å². The van der Waals surface area contributed by atoms with Gasteiger partial charge in [0.15, 0.2) is 10.6 Å². The van der Waals surface area contributed by atoms with Crippen LogP contribution in [-0.2, 0) is 21.6 Å². The van der Waals surface area contributed by atoms with Crippen molar-refractivity contribution in [3.8, 4) is 5.75 Å². The molecule has 1 amide bonds. The van der Waals surface area contributed by atoms with Gasteiger partial charge in [0, 0.05) is 10.7 Å². The van der Waals surface area contributed by atoms with Gasteiger partial charge in [-0.3, -0.25) is 4.79 Å². The summed E-state index contributed by atoms with van der Waals surface area (Å²) in [5, 5.41) is 11.0. The van der Waals surface area contributed by atoms with Crippen LogP contribution in [0.2, 0.25) is 5.02 Å². The Bertz CT molecular complexity index is 1020. The minimum absolute atomic E-state index is 0.197. The van der Waals surface area contributed by atoms with E-state index >= 15 is 0 Å². The number of aliphatic hydroxyl groups is 1. The lowest BCUT2D eigenvalue weighted by atomic mass is 10.1. The fraction of sp³-hybridized carbons (Fsp3) is 0.524. The molecule has 7 nitrogen and oxygen atoms in total. The molecule has 1 N–H and O–H groups in total. The Kier molecular flexibility index (Phi) is 6.46. The van der Waals surface area contributed by atoms with Gasteiger partial charge in [0.2, 0.25) is 0 Å². The molecule has 1 atom stereocenters. The summed E-state index contributed by atoms with van der Waals surface area (Å²) in [4.78, 5) is 18.5. The number of amides is 1. The topological polar surface area (TPSA) is 82.3 Å². The maximum absolute atomic E-state index is 13.0. The number of halogens is 1. The molecule has 30 heavy (non-hydrogen) atoms. The Hall–Kier alpha value is -1.71. The molecule has 1 aromatic carbocycles. The predicted molar refractivity (Wildman–Crippen MR) is 115 cm³/mol. The molecule has 0 saturated carbocycles. The zero-order chi connectivity index (χ0) is 22.3. The molecule has 2 heterocycles. The first-order valence-corrected chi connectivity index (χ1v) is 10.8. The number of hydrogen-bond acceptors (Lipinski definition) is 6. The number of nitrogens with zero attached hydrogens (tertiary/aromatic N) is 2. The summed E-state index contributed by atoms with van der Waals surface area (Å²) in [6, 6.07) is 4.81. The number of benzene rings is 1. The maximum atomic E-state index is 13.0. The van der Waals surface area contributed by atoms with Gasteiger partial charge >= 0.3 is 0 Å². The summed E-state index contributed by atoms with van der Waals surface area (Å²) in [6.45, 7) is 9.92. The van der Waals surface area contributed by atoms with E-state index in [-0.39, 0.29) is 11.7 Å². The normalized spacial score (nSPS) is 19.3. The molecule has 164 valence electrons. The monoisotopic (exact) mass is 454 g/mol. The number of ether oxygens (including phenoxy) is 3. The Labute approximate surface area is 184 Å². The van der Waals surface area contributed by atoms with Crippen LogP contribution in [0.1, 0.15) is 48.6 Å². The van der Waals surface area contributed by atoms with Crippen LogP contribution >= 0.6 is 22.9 Å². The summed E-state index contributed by atoms with van der Waals surface area (Å²) in [7, 11) is 1.49. The second-order valence-corrected chi connectivity index (χ2v) is 9.60. The third kappa shape index (κ3) is 4.95. The number of rotatable bonds is 5. The van der Waals surface area contributed by atoms with Crippen LogP contribution in [0.3, 0.4) is 0 Å². The van der Waals surface area contributed by atoms with Crippen molar-refractivity contribution in [2.75, 3.05) is 13.7 Å². The summed E-state index contributed by atoms with van der Waals surface area (Å²) in [5.41, 5.74) is 0.0207. The van der Waals surface area contributed by atoms with Crippen molar-refractivity contribution in [2.24, 2.45) is 4.99 Å². The van der Waals surface area contributed by atoms with E-state index in [0.29, 0.717) is 28.7 Å². The first-order chi connectivity index (χ1) is 13.9. The first-order valence-electron chi connectivity index (χ1n) is 9.59. The molecule has 0 aliphatic carbocycles. The molecule has 0 spiro atoms. The van der Waals surface area contributed by atoms with Gasteiger partial charge in [-0.15, -0.1) is 0 Å². The second-order valence-electron chi connectivity index (χ2n) is 8.18. The van der Waals surface area contributed by atoms with Crippen molar-refractivity contribution < 1.29 is 24.1 Å². The highest BCUT2D eigenvalue weighted by atomic mass is 35.5. The zero-order valence-electron chi connectivity index (χ0n) is 18.0. The van der Waals surface area contributed by atoms with E-state index in [1.165, 1.54) is 24.5 Å². The van der Waals surface area contributed by atoms with Gasteiger partial charge in [-0.1, -0.05) is 22.9 Å². The van der Waals surface area contributed by atoms with Gasteiger partial charge in [-0.05, 0) is 52.8 Å². The molecular weight excluding hydrogens is 428 g/mol. The number of aromatic nitrogens is 1. The van der Waals surface area contributed by atoms with Crippen molar-refractivity contribution in [3.05, 3.63) is 44.2 Å². The predicted octanol–water partition coefficient (Wildman–Crippen LogP) is 3.64. The van der Waals surface area contributed by atoms with Gasteiger partial charge in [0.1, 0.15) is 11.9 Å². The molecule has 0 bridgehead atoms. The lowest BCUT2D eigenvalue weighted by Crippen LogP contribution is -2.29. The largest absolute Gasteiger partial charge is 0.496 e. The van der Waals surface area contributed by atoms with Gasteiger partial charge in [-0.25, -0.2) is 0 Å². The maximum Gasteiger partial charge on any atom is 0.283 e. The van der Waals surface area contributed by atoms with Gasteiger partial charge < -0.3 is 23.9 Å². The minimum Gasteiger partial charge on any atom is -0.496 e. The molecule has 9 heteroatoms. The molecule has 1 fully saturated rings. The molecular formula is C21H27ClN2O5S. The first kappa shape index (κ1) is 23.0. The Morgan fingerprint density at radius 1 is 1.47 bits per heavy atom. The highest BCUT2D eigenvalue weighted by Gasteiger charge is 2.34. The number of carbonyl (C=O) groups is 1. The molecule has 0 unspecified atom stereocenters. The van der Waals surface area contributed by atoms with Crippen LogP contribution < -0.4 is 9.54 Å². The summed E-state index contributed by atoms with van der Waals surface area (Å²) >= 11 is 7.34. The van der Waals surface area contributed by atoms with Crippen molar-refractivity contribution in [1.29, 1.82) is 0 Å². The van der Waals surface area contributed by atoms with Crippen molar-refractivity contribution in [2.45, 2.75) is 58.7 Å². The molecule has 2 aromatic rings. The van der Waals surface area contributed by atoms with Crippen molar-refractivity contribution in [3.63, 3.8) is 0 Å². The van der Waals surface area contributed by atoms with E-state index in [1.54, 1.807) is 26.0 Å². The quantitative estimate of drug-likeness (QED) is 0.745. The van der Waals surface area contributed by atoms with Gasteiger partial charge in [-0.2, -0.15) is 4.99 Å². The molecule has 0 radical (unpaired) electrons. The van der Waals surface area contributed by atoms with Crippen LogP contribution in [0.15, 0.2) is 23.2 Å². The number of methoxy groups -OCH3 is 1. The molecule has 1 aromatic heterocycles. The fourth-order valence-electron chi connectivity index (χ4n) is 3.40. The van der Waals surface area contributed by atoms with Gasteiger partial charge in [0.25, 0.3) is 5.91 Å². The Morgan fingerprint density at radius 3 is 2.73 bits per heavy atom. The average molecular weight is 455 g/mol. The van der Waals surface area contributed by atoms with Gasteiger partial charge in [0.05, 0.1) is 36.3 Å². The van der Waals surface area contributed by atoms with E-state index in [1.807, 2.05) is 25.3 Å². The fourth-order valence-corrected chi connectivity index (χ4v) is 4.72. The number of hydrogen-bond donors (Lipinski definition) is 1. The molecule has 1 aliphatic heterocycles. The smallest absolute Gasteiger partial charge is 0.283 e. The zero-order valence-corrected chi connectivity index (χ0v) is 19.6. The van der Waals surface area contributed by atoms with E-state index in [2.05, 4.69) is 4.99 Å². The van der Waals surface area contributed by atoms with Crippen molar-refractivity contribution >= 4 is 28.8 Å². The van der Waals surface area contributed by atoms with Crippen molar-refractivity contribution in [1.82, 2.24) is 4.57 Å². The molecule has 1 saturated heterocycles. The van der Waals surface area contributed by atoms with Crippen LogP contribution in [0.25, 0.3) is 0 Å². The minimum atomic E-state index is -1.08. The summed E-state index contributed by atoms with van der Waals surface area (Å²) in [5.74, 6) is -0.740. The van der Waals surface area contributed by atoms with Crippen LogP contribution in [-0.4, -0.2) is 41.2 Å². The van der Waals surface area contributed by atoms with Crippen LogP contribution in [0.5, 0.6) is 5.75 Å². The highest BCUT2D eigenvalue weighted by molar-refractivity contribution is 7.09. The summed E-state index contributed by atoms with van der Waals surface area (Å²) < 4.78 is 18.8. The Balaban J connectivity index is 2.07. The number of thiazole rings is 1. The van der Waals surface area contributed by atoms with E-state index in [4.69, 9.17) is 25.8 Å². The Morgan fingerprint density at radius 2 is 2.17 bits per heavy atom. The second kappa shape index (κ2) is 8.43. The van der Waals surface area contributed by atoms with E-state index in [0.717, 1.165) is 10.6 Å². The number of carbonyl (C=O) groups excluding carboxylic acids is 1. The third-order valence-electron chi connectivity index (χ3n) is 4.76.